The number of pyridine rings is 1. The van der Waals surface area contributed by atoms with Crippen LogP contribution in [0.5, 0.6) is 0 Å². The zero-order valence-electron chi connectivity index (χ0n) is 14.1. The molecular weight excluding hydrogens is 300 g/mol. The maximum atomic E-state index is 4.68. The Balaban J connectivity index is 1.60. The Labute approximate surface area is 140 Å². The van der Waals surface area contributed by atoms with E-state index in [-0.39, 0.29) is 5.92 Å². The van der Waals surface area contributed by atoms with Crippen molar-refractivity contribution in [2.24, 2.45) is 0 Å². The Kier molecular flexibility index (Phi) is 3.52. The molecule has 4 aromatic rings. The van der Waals surface area contributed by atoms with Crippen molar-refractivity contribution in [2.75, 3.05) is 0 Å². The molecule has 0 bridgehead atoms. The molecule has 4 rings (SSSR count). The van der Waals surface area contributed by atoms with E-state index >= 15 is 0 Å². The molecule has 4 heterocycles. The van der Waals surface area contributed by atoms with Crippen molar-refractivity contribution in [2.45, 2.75) is 39.0 Å². The molecule has 0 saturated carbocycles. The quantitative estimate of drug-likeness (QED) is 0.625. The predicted molar refractivity (Wildman–Crippen MR) is 93.1 cm³/mol. The number of fused-ring (bicyclic) bond motifs is 2. The summed E-state index contributed by atoms with van der Waals surface area (Å²) in [6, 6.07) is 6.14. The molecule has 0 amide bonds. The van der Waals surface area contributed by atoms with Gasteiger partial charge in [-0.25, -0.2) is 19.9 Å². The average molecular weight is 320 g/mol. The fraction of sp³-hybridized carbons (Fsp3) is 0.333. The maximum absolute atomic E-state index is 4.68. The van der Waals surface area contributed by atoms with Crippen LogP contribution in [0.2, 0.25) is 0 Å². The number of imidazole rings is 2. The van der Waals surface area contributed by atoms with Crippen LogP contribution in [0.25, 0.3) is 16.9 Å². The number of rotatable bonds is 4. The van der Waals surface area contributed by atoms with Gasteiger partial charge in [0.2, 0.25) is 5.78 Å². The Hall–Kier alpha value is -2.76. The zero-order valence-corrected chi connectivity index (χ0v) is 14.1. The van der Waals surface area contributed by atoms with Crippen LogP contribution in [0.1, 0.15) is 49.7 Å². The monoisotopic (exact) mass is 320 g/mol. The van der Waals surface area contributed by atoms with Gasteiger partial charge in [-0.3, -0.25) is 4.40 Å². The van der Waals surface area contributed by atoms with Crippen LogP contribution in [-0.2, 0) is 6.42 Å². The molecule has 0 aliphatic heterocycles. The van der Waals surface area contributed by atoms with Crippen molar-refractivity contribution in [3.63, 3.8) is 0 Å². The van der Waals surface area contributed by atoms with Crippen molar-refractivity contribution >= 4 is 16.9 Å². The van der Waals surface area contributed by atoms with Gasteiger partial charge in [-0.1, -0.05) is 20.8 Å². The lowest BCUT2D eigenvalue weighted by Gasteiger charge is -2.08. The fourth-order valence-electron chi connectivity index (χ4n) is 2.88. The Morgan fingerprint density at radius 3 is 2.75 bits per heavy atom. The highest BCUT2D eigenvalue weighted by molar-refractivity contribution is 5.69. The van der Waals surface area contributed by atoms with E-state index in [1.165, 1.54) is 0 Å². The predicted octanol–water partition coefficient (Wildman–Crippen LogP) is 3.47. The first-order chi connectivity index (χ1) is 11.6. The summed E-state index contributed by atoms with van der Waals surface area (Å²) >= 11 is 0. The molecule has 0 spiro atoms. The first-order valence-corrected chi connectivity index (χ1v) is 8.24. The summed E-state index contributed by atoms with van der Waals surface area (Å²) in [4.78, 5) is 21.2. The van der Waals surface area contributed by atoms with Gasteiger partial charge >= 0.3 is 0 Å². The molecule has 6 nitrogen and oxygen atoms in total. The molecule has 0 radical (unpaired) electrons. The normalized spacial score (nSPS) is 13.2. The van der Waals surface area contributed by atoms with Gasteiger partial charge in [0, 0.05) is 29.7 Å². The third-order valence-corrected chi connectivity index (χ3v) is 4.31. The van der Waals surface area contributed by atoms with Crippen LogP contribution in [0.3, 0.4) is 0 Å². The molecule has 1 unspecified atom stereocenters. The van der Waals surface area contributed by atoms with E-state index in [0.717, 1.165) is 40.4 Å². The molecule has 0 aromatic carbocycles. The summed E-state index contributed by atoms with van der Waals surface area (Å²) in [5, 5.41) is 0. The van der Waals surface area contributed by atoms with Crippen LogP contribution >= 0.6 is 0 Å². The first kappa shape index (κ1) is 14.8. The lowest BCUT2D eigenvalue weighted by molar-refractivity contribution is 0.722. The number of aromatic nitrogens is 6. The van der Waals surface area contributed by atoms with Gasteiger partial charge in [0.05, 0.1) is 17.5 Å². The molecule has 0 fully saturated rings. The van der Waals surface area contributed by atoms with E-state index in [1.54, 1.807) is 6.33 Å². The Morgan fingerprint density at radius 1 is 1.04 bits per heavy atom. The van der Waals surface area contributed by atoms with Crippen molar-refractivity contribution in [1.82, 2.24) is 29.3 Å². The van der Waals surface area contributed by atoms with Gasteiger partial charge in [-0.2, -0.15) is 0 Å². The summed E-state index contributed by atoms with van der Waals surface area (Å²) in [5.74, 6) is 1.43. The molecule has 1 N–H and O–H groups in total. The lowest BCUT2D eigenvalue weighted by Crippen LogP contribution is -2.01. The van der Waals surface area contributed by atoms with Crippen LogP contribution in [0, 0.1) is 0 Å². The number of hydrogen-bond acceptors (Lipinski definition) is 4. The van der Waals surface area contributed by atoms with Gasteiger partial charge in [0.15, 0.2) is 5.65 Å². The van der Waals surface area contributed by atoms with Gasteiger partial charge in [-0.15, -0.1) is 0 Å². The first-order valence-electron chi connectivity index (χ1n) is 8.24. The summed E-state index contributed by atoms with van der Waals surface area (Å²) < 4.78 is 1.98. The second-order valence-electron chi connectivity index (χ2n) is 6.56. The fourth-order valence-corrected chi connectivity index (χ4v) is 2.88. The number of nitrogens with zero attached hydrogens (tertiary/aromatic N) is 5. The molecule has 6 heteroatoms. The van der Waals surface area contributed by atoms with Crippen molar-refractivity contribution in [3.05, 3.63) is 54.0 Å². The Morgan fingerprint density at radius 2 is 1.92 bits per heavy atom. The second kappa shape index (κ2) is 5.70. The standard InChI is InChI=1S/C18H20N6/c1-11(2)14-6-7-24-9-13(21-18(24)23-14)8-12(3)15-4-5-16-17(22-15)20-10-19-16/h4-7,9-12H,8H2,1-3H3,(H,19,20,22). The lowest BCUT2D eigenvalue weighted by atomic mass is 10.0. The minimum absolute atomic E-state index is 0.264. The van der Waals surface area contributed by atoms with Crippen molar-refractivity contribution < 1.29 is 0 Å². The number of aromatic amines is 1. The van der Waals surface area contributed by atoms with E-state index in [1.807, 2.05) is 16.7 Å². The van der Waals surface area contributed by atoms with Gasteiger partial charge in [-0.05, 0) is 30.5 Å². The molecule has 0 aliphatic rings. The maximum Gasteiger partial charge on any atom is 0.234 e. The van der Waals surface area contributed by atoms with E-state index in [9.17, 15) is 0 Å². The minimum Gasteiger partial charge on any atom is -0.343 e. The number of hydrogen-bond donors (Lipinski definition) is 1. The smallest absolute Gasteiger partial charge is 0.234 e. The summed E-state index contributed by atoms with van der Waals surface area (Å²) in [7, 11) is 0. The highest BCUT2D eigenvalue weighted by atomic mass is 15.1. The van der Waals surface area contributed by atoms with Crippen molar-refractivity contribution in [3.8, 4) is 0 Å². The molecule has 24 heavy (non-hydrogen) atoms. The molecular formula is C18H20N6. The summed E-state index contributed by atoms with van der Waals surface area (Å²) in [6.45, 7) is 6.45. The van der Waals surface area contributed by atoms with Crippen LogP contribution in [0.4, 0.5) is 0 Å². The number of H-pyrrole nitrogens is 1. The summed E-state index contributed by atoms with van der Waals surface area (Å²) in [6.07, 6.45) is 6.58. The van der Waals surface area contributed by atoms with E-state index < -0.39 is 0 Å². The van der Waals surface area contributed by atoms with Crippen LogP contribution in [0.15, 0.2) is 36.9 Å². The van der Waals surface area contributed by atoms with Gasteiger partial charge in [0.1, 0.15) is 0 Å². The Bertz CT molecular complexity index is 997. The van der Waals surface area contributed by atoms with Gasteiger partial charge in [0.25, 0.3) is 0 Å². The molecule has 4 aromatic heterocycles. The molecule has 0 saturated heterocycles. The van der Waals surface area contributed by atoms with Gasteiger partial charge < -0.3 is 4.98 Å². The van der Waals surface area contributed by atoms with E-state index in [4.69, 9.17) is 0 Å². The third-order valence-electron chi connectivity index (χ3n) is 4.31. The molecule has 0 aliphatic carbocycles. The summed E-state index contributed by atoms with van der Waals surface area (Å²) in [5.41, 5.74) is 4.85. The SMILES string of the molecule is CC(C)c1ccn2cc(CC(C)c3ccc4[nH]cnc4n3)nc2n1. The highest BCUT2D eigenvalue weighted by Gasteiger charge is 2.13. The van der Waals surface area contributed by atoms with Crippen LogP contribution in [-0.4, -0.2) is 29.3 Å². The average Bonchev–Trinajstić information content (AvgIpc) is 3.18. The molecule has 122 valence electrons. The number of nitrogens with one attached hydrogen (secondary N) is 1. The zero-order chi connectivity index (χ0) is 16.7. The molecule has 1 atom stereocenters. The van der Waals surface area contributed by atoms with Crippen molar-refractivity contribution in [1.29, 1.82) is 0 Å². The van der Waals surface area contributed by atoms with Crippen LogP contribution < -0.4 is 0 Å². The largest absolute Gasteiger partial charge is 0.343 e. The topological polar surface area (TPSA) is 71.8 Å². The van der Waals surface area contributed by atoms with E-state index in [0.29, 0.717) is 5.92 Å². The second-order valence-corrected chi connectivity index (χ2v) is 6.56. The third kappa shape index (κ3) is 2.64. The highest BCUT2D eigenvalue weighted by Crippen LogP contribution is 2.21. The minimum atomic E-state index is 0.264. The van der Waals surface area contributed by atoms with E-state index in [2.05, 4.69) is 64.0 Å².